The summed E-state index contributed by atoms with van der Waals surface area (Å²) in [5.41, 5.74) is 4.62. The zero-order valence-electron chi connectivity index (χ0n) is 13.7. The van der Waals surface area contributed by atoms with Crippen LogP contribution in [0.25, 0.3) is 0 Å². The minimum atomic E-state index is -3.23. The maximum Gasteiger partial charge on any atom is 0.415 e. The summed E-state index contributed by atoms with van der Waals surface area (Å²) in [7, 11) is -3.23. The number of benzene rings is 1. The standard InChI is InChI=1S/C15H17F2N3O5S/c16-10-6-9(20-8-12(14(18)21)25-15(20)22)7-11(17)13(10)19-2-1-4-26(23,24)5-3-19/h6-7,12H,1-5,8H2,(H2,18,21)/t12-/m1/s1. The molecule has 2 aliphatic heterocycles. The van der Waals surface area contributed by atoms with Gasteiger partial charge in [-0.2, -0.15) is 0 Å². The fourth-order valence-corrected chi connectivity index (χ4v) is 4.27. The molecule has 2 saturated heterocycles. The average Bonchev–Trinajstić information content (AvgIpc) is 2.84. The predicted octanol–water partition coefficient (Wildman–Crippen LogP) is 0.400. The summed E-state index contributed by atoms with van der Waals surface area (Å²) in [6, 6.07) is 1.89. The summed E-state index contributed by atoms with van der Waals surface area (Å²) in [6.45, 7) is -0.0682. The molecule has 0 spiro atoms. The van der Waals surface area contributed by atoms with Crippen LogP contribution in [0.1, 0.15) is 6.42 Å². The molecule has 2 N–H and O–H groups in total. The van der Waals surface area contributed by atoms with Crippen LogP contribution in [0.5, 0.6) is 0 Å². The fourth-order valence-electron chi connectivity index (χ4n) is 2.99. The first-order valence-corrected chi connectivity index (χ1v) is 9.72. The highest BCUT2D eigenvalue weighted by Gasteiger charge is 2.36. The van der Waals surface area contributed by atoms with Gasteiger partial charge >= 0.3 is 6.09 Å². The zero-order chi connectivity index (χ0) is 19.1. The summed E-state index contributed by atoms with van der Waals surface area (Å²) < 4.78 is 57.2. The molecule has 3 rings (SSSR count). The molecule has 0 saturated carbocycles. The third-order valence-electron chi connectivity index (χ3n) is 4.31. The third kappa shape index (κ3) is 3.57. The van der Waals surface area contributed by atoms with E-state index in [1.54, 1.807) is 0 Å². The van der Waals surface area contributed by atoms with Crippen molar-refractivity contribution in [2.24, 2.45) is 5.73 Å². The number of rotatable bonds is 3. The highest BCUT2D eigenvalue weighted by atomic mass is 32.2. The normalized spacial score (nSPS) is 22.8. The van der Waals surface area contributed by atoms with Crippen LogP contribution in [0.3, 0.4) is 0 Å². The first-order chi connectivity index (χ1) is 12.2. The van der Waals surface area contributed by atoms with Crippen molar-refractivity contribution in [3.8, 4) is 0 Å². The topological polar surface area (TPSA) is 110 Å². The van der Waals surface area contributed by atoms with Gasteiger partial charge in [-0.3, -0.25) is 9.69 Å². The molecule has 2 aliphatic rings. The molecule has 0 aliphatic carbocycles. The van der Waals surface area contributed by atoms with E-state index in [9.17, 15) is 26.8 Å². The average molecular weight is 389 g/mol. The van der Waals surface area contributed by atoms with Gasteiger partial charge in [0.1, 0.15) is 5.69 Å². The Bertz CT molecular complexity index is 838. The summed E-state index contributed by atoms with van der Waals surface area (Å²) >= 11 is 0. The van der Waals surface area contributed by atoms with E-state index in [1.165, 1.54) is 4.90 Å². The van der Waals surface area contributed by atoms with Gasteiger partial charge in [0, 0.05) is 25.2 Å². The van der Waals surface area contributed by atoms with E-state index < -0.39 is 39.6 Å². The molecular formula is C15H17F2N3O5S. The summed E-state index contributed by atoms with van der Waals surface area (Å²) in [5, 5.41) is 0. The van der Waals surface area contributed by atoms with Crippen LogP contribution in [0.4, 0.5) is 25.0 Å². The number of amides is 2. The molecule has 2 heterocycles. The number of hydrogen-bond donors (Lipinski definition) is 1. The van der Waals surface area contributed by atoms with Crippen molar-refractivity contribution in [3.05, 3.63) is 23.8 Å². The van der Waals surface area contributed by atoms with Crippen LogP contribution in [-0.4, -0.2) is 57.7 Å². The van der Waals surface area contributed by atoms with Gasteiger partial charge in [0.05, 0.1) is 23.7 Å². The Balaban J connectivity index is 1.87. The first kappa shape index (κ1) is 18.4. The molecule has 26 heavy (non-hydrogen) atoms. The smallest absolute Gasteiger partial charge is 0.415 e. The molecular weight excluding hydrogens is 372 g/mol. The molecule has 0 aromatic heterocycles. The number of ether oxygens (including phenoxy) is 1. The Hall–Kier alpha value is -2.43. The molecule has 1 atom stereocenters. The van der Waals surface area contributed by atoms with Crippen molar-refractivity contribution in [1.29, 1.82) is 0 Å². The van der Waals surface area contributed by atoms with Crippen LogP contribution in [-0.2, 0) is 19.4 Å². The lowest BCUT2D eigenvalue weighted by molar-refractivity contribution is -0.124. The van der Waals surface area contributed by atoms with Gasteiger partial charge in [0.15, 0.2) is 27.6 Å². The van der Waals surface area contributed by atoms with E-state index in [1.807, 2.05) is 0 Å². The molecule has 11 heteroatoms. The second-order valence-corrected chi connectivity index (χ2v) is 8.44. The van der Waals surface area contributed by atoms with Crippen LogP contribution in [0, 0.1) is 11.6 Å². The van der Waals surface area contributed by atoms with E-state index in [-0.39, 0.29) is 48.9 Å². The summed E-state index contributed by atoms with van der Waals surface area (Å²) in [4.78, 5) is 25.2. The highest BCUT2D eigenvalue weighted by Crippen LogP contribution is 2.31. The summed E-state index contributed by atoms with van der Waals surface area (Å²) in [5.74, 6) is -2.95. The Labute approximate surface area is 148 Å². The molecule has 1 aromatic rings. The number of carbonyl (C=O) groups is 2. The second kappa shape index (κ2) is 6.71. The molecule has 8 nitrogen and oxygen atoms in total. The van der Waals surface area contributed by atoms with Gasteiger partial charge in [-0.15, -0.1) is 0 Å². The number of anilines is 2. The minimum absolute atomic E-state index is 0.0228. The number of carbonyl (C=O) groups excluding carboxylic acids is 2. The molecule has 0 bridgehead atoms. The van der Waals surface area contributed by atoms with Crippen molar-refractivity contribution in [3.63, 3.8) is 0 Å². The van der Waals surface area contributed by atoms with E-state index in [0.717, 1.165) is 17.0 Å². The van der Waals surface area contributed by atoms with Crippen molar-refractivity contribution in [2.75, 3.05) is 40.9 Å². The summed E-state index contributed by atoms with van der Waals surface area (Å²) in [6.07, 6.45) is -1.85. The van der Waals surface area contributed by atoms with E-state index in [4.69, 9.17) is 10.5 Å². The lowest BCUT2D eigenvalue weighted by atomic mass is 10.2. The molecule has 1 aromatic carbocycles. The first-order valence-electron chi connectivity index (χ1n) is 7.90. The Morgan fingerprint density at radius 2 is 1.85 bits per heavy atom. The quantitative estimate of drug-likeness (QED) is 0.801. The van der Waals surface area contributed by atoms with Crippen molar-refractivity contribution in [1.82, 2.24) is 0 Å². The molecule has 2 fully saturated rings. The number of nitrogens with zero attached hydrogens (tertiary/aromatic N) is 2. The largest absolute Gasteiger partial charge is 0.434 e. The SMILES string of the molecule is NC(=O)[C@H]1CN(c2cc(F)c(N3CCCS(=O)(=O)CC3)c(F)c2)C(=O)O1. The number of nitrogens with two attached hydrogens (primary N) is 1. The Morgan fingerprint density at radius 1 is 1.19 bits per heavy atom. The van der Waals surface area contributed by atoms with Gasteiger partial charge in [-0.1, -0.05) is 0 Å². The Kier molecular flexibility index (Phi) is 4.74. The van der Waals surface area contributed by atoms with Crippen LogP contribution in [0.15, 0.2) is 12.1 Å². The lowest BCUT2D eigenvalue weighted by Gasteiger charge is -2.24. The minimum Gasteiger partial charge on any atom is -0.434 e. The number of halogens is 2. The number of primary amides is 1. The van der Waals surface area contributed by atoms with Gasteiger partial charge < -0.3 is 15.4 Å². The van der Waals surface area contributed by atoms with Crippen LogP contribution in [0.2, 0.25) is 0 Å². The van der Waals surface area contributed by atoms with Gasteiger partial charge in [-0.25, -0.2) is 22.0 Å². The van der Waals surface area contributed by atoms with E-state index >= 15 is 0 Å². The molecule has 0 radical (unpaired) electrons. The van der Waals surface area contributed by atoms with E-state index in [0.29, 0.717) is 0 Å². The van der Waals surface area contributed by atoms with Gasteiger partial charge in [-0.05, 0) is 6.42 Å². The van der Waals surface area contributed by atoms with Crippen molar-refractivity contribution < 1.29 is 31.5 Å². The number of sulfone groups is 1. The predicted molar refractivity (Wildman–Crippen MR) is 88.7 cm³/mol. The van der Waals surface area contributed by atoms with Crippen LogP contribution < -0.4 is 15.5 Å². The number of cyclic esters (lactones) is 1. The molecule has 142 valence electrons. The zero-order valence-corrected chi connectivity index (χ0v) is 14.5. The number of hydrogen-bond acceptors (Lipinski definition) is 6. The second-order valence-electron chi connectivity index (χ2n) is 6.14. The highest BCUT2D eigenvalue weighted by molar-refractivity contribution is 7.91. The maximum atomic E-state index is 14.6. The van der Waals surface area contributed by atoms with Crippen molar-refractivity contribution >= 4 is 33.2 Å². The maximum absolute atomic E-state index is 14.6. The fraction of sp³-hybridized carbons (Fsp3) is 0.467. The van der Waals surface area contributed by atoms with E-state index in [2.05, 4.69) is 0 Å². The Morgan fingerprint density at radius 3 is 2.42 bits per heavy atom. The lowest BCUT2D eigenvalue weighted by Crippen LogP contribution is -2.33. The van der Waals surface area contributed by atoms with Crippen LogP contribution >= 0.6 is 0 Å². The van der Waals surface area contributed by atoms with Crippen molar-refractivity contribution in [2.45, 2.75) is 12.5 Å². The third-order valence-corrected chi connectivity index (χ3v) is 6.03. The monoisotopic (exact) mass is 389 g/mol. The molecule has 0 unspecified atom stereocenters. The van der Waals surface area contributed by atoms with Gasteiger partial charge in [0.25, 0.3) is 5.91 Å². The van der Waals surface area contributed by atoms with Gasteiger partial charge in [0.2, 0.25) is 0 Å². The molecule has 2 amide bonds.